The van der Waals surface area contributed by atoms with E-state index in [9.17, 15) is 5.26 Å². The Labute approximate surface area is 126 Å². The fourth-order valence-corrected chi connectivity index (χ4v) is 3.16. The second-order valence-electron chi connectivity index (χ2n) is 4.16. The molecule has 0 aliphatic heterocycles. The van der Waals surface area contributed by atoms with Gasteiger partial charge in [-0.2, -0.15) is 5.26 Å². The average Bonchev–Trinajstić information content (AvgIpc) is 2.46. The molecular weight excluding hydrogens is 288 g/mol. The predicted molar refractivity (Wildman–Crippen MR) is 83.7 cm³/mol. The van der Waals surface area contributed by atoms with E-state index in [1.165, 1.54) is 34.7 Å². The summed E-state index contributed by atoms with van der Waals surface area (Å²) in [5.74, 6) is 0.957. The van der Waals surface area contributed by atoms with Crippen molar-refractivity contribution in [2.45, 2.75) is 22.7 Å². The van der Waals surface area contributed by atoms with E-state index >= 15 is 0 Å². The van der Waals surface area contributed by atoms with Crippen LogP contribution in [0.25, 0.3) is 0 Å². The molecule has 1 aromatic carbocycles. The number of nitrogens with zero attached hydrogens (tertiary/aromatic N) is 3. The van der Waals surface area contributed by atoms with E-state index in [2.05, 4.69) is 47.2 Å². The van der Waals surface area contributed by atoms with Gasteiger partial charge in [0, 0.05) is 5.75 Å². The number of aryl methyl sites for hydroxylation is 1. The van der Waals surface area contributed by atoms with Crippen LogP contribution in [0.5, 0.6) is 0 Å². The first-order valence-corrected chi connectivity index (χ1v) is 8.15. The topological polar surface area (TPSA) is 75.6 Å². The first-order valence-electron chi connectivity index (χ1n) is 5.94. The number of anilines is 1. The minimum atomic E-state index is 0.208. The molecule has 0 amide bonds. The van der Waals surface area contributed by atoms with Gasteiger partial charge in [-0.25, -0.2) is 9.97 Å². The molecule has 2 N–H and O–H groups in total. The third kappa shape index (κ3) is 3.44. The van der Waals surface area contributed by atoms with Crippen LogP contribution in [-0.4, -0.2) is 16.2 Å². The van der Waals surface area contributed by atoms with Crippen molar-refractivity contribution in [3.05, 3.63) is 41.0 Å². The summed E-state index contributed by atoms with van der Waals surface area (Å²) in [4.78, 5) is 8.26. The van der Waals surface area contributed by atoms with Crippen LogP contribution in [0, 0.1) is 18.3 Å². The molecule has 102 valence electrons. The summed E-state index contributed by atoms with van der Waals surface area (Å²) in [6.07, 6.45) is 1.87. The molecule has 1 heterocycles. The summed E-state index contributed by atoms with van der Waals surface area (Å²) >= 11 is 2.91. The lowest BCUT2D eigenvalue weighted by Crippen LogP contribution is -2.01. The zero-order valence-electron chi connectivity index (χ0n) is 11.3. The molecule has 0 saturated heterocycles. The Kier molecular flexibility index (Phi) is 4.88. The zero-order chi connectivity index (χ0) is 14.5. The van der Waals surface area contributed by atoms with Gasteiger partial charge in [-0.05, 0) is 18.7 Å². The number of rotatable bonds is 4. The highest BCUT2D eigenvalue weighted by molar-refractivity contribution is 7.99. The van der Waals surface area contributed by atoms with E-state index in [0.29, 0.717) is 15.6 Å². The van der Waals surface area contributed by atoms with Gasteiger partial charge in [-0.15, -0.1) is 23.5 Å². The quantitative estimate of drug-likeness (QED) is 0.690. The Hall–Kier alpha value is -1.71. The van der Waals surface area contributed by atoms with Gasteiger partial charge in [0.25, 0.3) is 0 Å². The summed E-state index contributed by atoms with van der Waals surface area (Å²) in [5, 5.41) is 10.5. The van der Waals surface area contributed by atoms with Crippen molar-refractivity contribution >= 4 is 29.5 Å². The van der Waals surface area contributed by atoms with Crippen molar-refractivity contribution in [1.29, 1.82) is 5.26 Å². The van der Waals surface area contributed by atoms with E-state index in [0.717, 1.165) is 5.75 Å². The number of aromatic nitrogens is 2. The molecule has 0 aliphatic rings. The molecule has 0 radical (unpaired) electrons. The smallest absolute Gasteiger partial charge is 0.222 e. The molecule has 0 spiro atoms. The SMILES string of the molecule is CSc1nc(N)nc(SCc2ccc(C)cc2)c1C#N. The van der Waals surface area contributed by atoms with E-state index in [-0.39, 0.29) is 5.95 Å². The van der Waals surface area contributed by atoms with Gasteiger partial charge in [0.15, 0.2) is 0 Å². The summed E-state index contributed by atoms with van der Waals surface area (Å²) in [7, 11) is 0. The predicted octanol–water partition coefficient (Wildman–Crippen LogP) is 3.25. The lowest BCUT2D eigenvalue weighted by molar-refractivity contribution is 0.961. The van der Waals surface area contributed by atoms with E-state index in [1.54, 1.807) is 0 Å². The van der Waals surface area contributed by atoms with Gasteiger partial charge in [0.2, 0.25) is 5.95 Å². The van der Waals surface area contributed by atoms with E-state index < -0.39 is 0 Å². The summed E-state index contributed by atoms with van der Waals surface area (Å²) < 4.78 is 0. The number of hydrogen-bond acceptors (Lipinski definition) is 6. The van der Waals surface area contributed by atoms with Gasteiger partial charge in [0.1, 0.15) is 21.7 Å². The fourth-order valence-electron chi connectivity index (χ4n) is 1.62. The molecule has 0 bridgehead atoms. The highest BCUT2D eigenvalue weighted by Gasteiger charge is 2.13. The van der Waals surface area contributed by atoms with Gasteiger partial charge in [-0.3, -0.25) is 0 Å². The molecular formula is C14H14N4S2. The molecule has 0 fully saturated rings. The van der Waals surface area contributed by atoms with E-state index in [4.69, 9.17) is 5.73 Å². The average molecular weight is 302 g/mol. The molecule has 4 nitrogen and oxygen atoms in total. The first kappa shape index (κ1) is 14.7. The van der Waals surface area contributed by atoms with Crippen LogP contribution in [-0.2, 0) is 5.75 Å². The Balaban J connectivity index is 2.23. The van der Waals surface area contributed by atoms with Crippen LogP contribution in [0.3, 0.4) is 0 Å². The van der Waals surface area contributed by atoms with Crippen LogP contribution >= 0.6 is 23.5 Å². The molecule has 6 heteroatoms. The maximum atomic E-state index is 9.26. The maximum Gasteiger partial charge on any atom is 0.222 e. The molecule has 2 aromatic rings. The van der Waals surface area contributed by atoms with Crippen molar-refractivity contribution in [1.82, 2.24) is 9.97 Å². The Morgan fingerprint density at radius 1 is 1.20 bits per heavy atom. The Morgan fingerprint density at radius 2 is 1.85 bits per heavy atom. The van der Waals surface area contributed by atoms with Crippen molar-refractivity contribution in [3.63, 3.8) is 0 Å². The normalized spacial score (nSPS) is 10.2. The Bertz CT molecular complexity index is 647. The molecule has 2 rings (SSSR count). The number of nitrogen functional groups attached to an aromatic ring is 1. The molecule has 1 aromatic heterocycles. The van der Waals surface area contributed by atoms with Gasteiger partial charge in [0.05, 0.1) is 0 Å². The highest BCUT2D eigenvalue weighted by Crippen LogP contribution is 2.29. The maximum absolute atomic E-state index is 9.26. The molecule has 20 heavy (non-hydrogen) atoms. The third-order valence-corrected chi connectivity index (χ3v) is 4.39. The van der Waals surface area contributed by atoms with Gasteiger partial charge in [-0.1, -0.05) is 29.8 Å². The van der Waals surface area contributed by atoms with E-state index in [1.807, 2.05) is 6.26 Å². The van der Waals surface area contributed by atoms with Crippen molar-refractivity contribution in [3.8, 4) is 6.07 Å². The number of nitriles is 1. The van der Waals surface area contributed by atoms with Gasteiger partial charge < -0.3 is 5.73 Å². The van der Waals surface area contributed by atoms with Crippen molar-refractivity contribution in [2.24, 2.45) is 0 Å². The van der Waals surface area contributed by atoms with Gasteiger partial charge >= 0.3 is 0 Å². The van der Waals surface area contributed by atoms with Crippen LogP contribution in [0.4, 0.5) is 5.95 Å². The van der Waals surface area contributed by atoms with Crippen LogP contribution in [0.1, 0.15) is 16.7 Å². The summed E-state index contributed by atoms with van der Waals surface area (Å²) in [5.41, 5.74) is 8.61. The largest absolute Gasteiger partial charge is 0.368 e. The third-order valence-electron chi connectivity index (χ3n) is 2.66. The molecule has 0 unspecified atom stereocenters. The number of benzene rings is 1. The fraction of sp³-hybridized carbons (Fsp3) is 0.214. The highest BCUT2D eigenvalue weighted by atomic mass is 32.2. The monoisotopic (exact) mass is 302 g/mol. The van der Waals surface area contributed by atoms with Crippen LogP contribution < -0.4 is 5.73 Å². The summed E-state index contributed by atoms with van der Waals surface area (Å²) in [6, 6.07) is 10.5. The zero-order valence-corrected chi connectivity index (χ0v) is 12.9. The standard InChI is InChI=1S/C14H14N4S2/c1-9-3-5-10(6-4-9)8-20-13-11(7-15)12(19-2)17-14(16)18-13/h3-6H,8H2,1-2H3,(H2,16,17,18). The number of hydrogen-bond donors (Lipinski definition) is 1. The summed E-state index contributed by atoms with van der Waals surface area (Å²) in [6.45, 7) is 2.06. The lowest BCUT2D eigenvalue weighted by atomic mass is 10.2. The second kappa shape index (κ2) is 6.64. The Morgan fingerprint density at radius 3 is 2.45 bits per heavy atom. The molecule has 0 atom stereocenters. The number of nitrogens with two attached hydrogens (primary N) is 1. The molecule has 0 aliphatic carbocycles. The van der Waals surface area contributed by atoms with Crippen molar-refractivity contribution < 1.29 is 0 Å². The van der Waals surface area contributed by atoms with Crippen LogP contribution in [0.15, 0.2) is 34.3 Å². The lowest BCUT2D eigenvalue weighted by Gasteiger charge is -2.07. The van der Waals surface area contributed by atoms with Crippen molar-refractivity contribution in [2.75, 3.05) is 12.0 Å². The minimum absolute atomic E-state index is 0.208. The molecule has 0 saturated carbocycles. The number of thioether (sulfide) groups is 2. The van der Waals surface area contributed by atoms with Crippen LogP contribution in [0.2, 0.25) is 0 Å². The second-order valence-corrected chi connectivity index (χ2v) is 5.92. The first-order chi connectivity index (χ1) is 9.63. The minimum Gasteiger partial charge on any atom is -0.368 e.